The summed E-state index contributed by atoms with van der Waals surface area (Å²) < 4.78 is 43.2. The average molecular weight is 579 g/mol. The van der Waals surface area contributed by atoms with Gasteiger partial charge in [0.2, 0.25) is 0 Å². The quantitative estimate of drug-likeness (QED) is 0.171. The first kappa shape index (κ1) is 31.3. The van der Waals surface area contributed by atoms with E-state index in [0.717, 1.165) is 17.1 Å². The van der Waals surface area contributed by atoms with E-state index in [4.69, 9.17) is 9.47 Å². The van der Waals surface area contributed by atoms with Gasteiger partial charge in [0.15, 0.2) is 14.7 Å². The van der Waals surface area contributed by atoms with Gasteiger partial charge < -0.3 is 14.0 Å². The van der Waals surface area contributed by atoms with Crippen LogP contribution in [0.3, 0.4) is 0 Å². The molecule has 4 aromatic carbocycles. The van der Waals surface area contributed by atoms with Crippen LogP contribution in [0.5, 0.6) is 11.5 Å². The zero-order chi connectivity index (χ0) is 29.6. The minimum atomic E-state index is -4.27. The Balaban J connectivity index is 0.000000336. The summed E-state index contributed by atoms with van der Waals surface area (Å²) in [5, 5.41) is 0. The maximum Gasteiger partial charge on any atom is 0.166 e. The van der Waals surface area contributed by atoms with Crippen molar-refractivity contribution >= 4 is 21.0 Å². The summed E-state index contributed by atoms with van der Waals surface area (Å²) in [4.78, 5) is 3.65. The molecule has 0 spiro atoms. The third-order valence-corrected chi connectivity index (χ3v) is 8.34. The van der Waals surface area contributed by atoms with E-state index in [1.165, 1.54) is 26.8 Å². The fraction of sp³-hybridized carbons (Fsp3) is 0.273. The Morgan fingerprint density at radius 3 is 1.30 bits per heavy atom. The van der Waals surface area contributed by atoms with E-state index in [0.29, 0.717) is 0 Å². The highest BCUT2D eigenvalue weighted by Gasteiger charge is 2.29. The van der Waals surface area contributed by atoms with Crippen molar-refractivity contribution in [1.82, 2.24) is 0 Å². The normalized spacial score (nSPS) is 11.9. The van der Waals surface area contributed by atoms with Gasteiger partial charge in [-0.15, -0.1) is 0 Å². The lowest BCUT2D eigenvalue weighted by Crippen LogP contribution is -2.23. The highest BCUT2D eigenvalue weighted by molar-refractivity contribution is 7.97. The van der Waals surface area contributed by atoms with Gasteiger partial charge in [-0.1, -0.05) is 35.9 Å². The molecule has 0 saturated carbocycles. The van der Waals surface area contributed by atoms with E-state index in [1.807, 2.05) is 6.92 Å². The fourth-order valence-corrected chi connectivity index (χ4v) is 6.20. The first-order chi connectivity index (χ1) is 18.6. The SMILES string of the molecule is CC(C)(C)Oc1ccc([S+](c2ccccc2)c2ccc(OC(C)(C)C)cc2)cc1.Cc1ccc(S(=O)(=O)[O-])cc1. The van der Waals surface area contributed by atoms with Crippen LogP contribution in [0.4, 0.5) is 0 Å². The maximum atomic E-state index is 10.4. The lowest BCUT2D eigenvalue weighted by Gasteiger charge is -2.21. The van der Waals surface area contributed by atoms with Crippen LogP contribution in [0.15, 0.2) is 123 Å². The number of aryl methyl sites for hydroxylation is 1. The van der Waals surface area contributed by atoms with Crippen molar-refractivity contribution in [2.45, 2.75) is 79.3 Å². The molecule has 0 N–H and O–H groups in total. The van der Waals surface area contributed by atoms with Crippen LogP contribution in [-0.2, 0) is 21.0 Å². The molecule has 4 aromatic rings. The van der Waals surface area contributed by atoms with E-state index < -0.39 is 10.1 Å². The van der Waals surface area contributed by atoms with Gasteiger partial charge in [-0.3, -0.25) is 0 Å². The third-order valence-electron chi connectivity index (χ3n) is 5.26. The first-order valence-corrected chi connectivity index (χ1v) is 15.6. The molecule has 0 atom stereocenters. The van der Waals surface area contributed by atoms with E-state index in [-0.39, 0.29) is 27.0 Å². The van der Waals surface area contributed by atoms with Gasteiger partial charge in [0.1, 0.15) is 32.8 Å². The molecule has 0 saturated heterocycles. The Labute approximate surface area is 242 Å². The van der Waals surface area contributed by atoms with Crippen molar-refractivity contribution in [1.29, 1.82) is 0 Å². The highest BCUT2D eigenvalue weighted by Crippen LogP contribution is 2.33. The summed E-state index contributed by atoms with van der Waals surface area (Å²) in [5.74, 6) is 1.79. The van der Waals surface area contributed by atoms with Gasteiger partial charge in [0, 0.05) is 0 Å². The van der Waals surface area contributed by atoms with Gasteiger partial charge in [-0.2, -0.15) is 0 Å². The monoisotopic (exact) mass is 578 g/mol. The standard InChI is InChI=1S/C26H31O2S.C7H8O3S/c1-25(2,3)27-20-12-16-23(17-13-20)29(22-10-8-7-9-11-22)24-18-14-21(15-19-24)28-26(4,5)6;1-6-2-4-7(5-3-6)11(8,9)10/h7-19H,1-6H3;2-5H,1H3,(H,8,9,10)/q+1;/p-1. The Hall–Kier alpha value is -3.26. The summed E-state index contributed by atoms with van der Waals surface area (Å²) >= 11 is 0. The van der Waals surface area contributed by atoms with E-state index in [9.17, 15) is 13.0 Å². The molecule has 0 heterocycles. The van der Waals surface area contributed by atoms with Gasteiger partial charge in [0.25, 0.3) is 0 Å². The second kappa shape index (κ2) is 12.9. The molecule has 0 aliphatic rings. The number of ether oxygens (including phenoxy) is 2. The Bertz CT molecular complexity index is 1390. The molecule has 7 heteroatoms. The van der Waals surface area contributed by atoms with Crippen molar-refractivity contribution in [2.24, 2.45) is 0 Å². The number of hydrogen-bond acceptors (Lipinski definition) is 5. The summed E-state index contributed by atoms with van der Waals surface area (Å²) in [6.07, 6.45) is 0. The Kier molecular flexibility index (Phi) is 10.1. The minimum Gasteiger partial charge on any atom is -0.744 e. The van der Waals surface area contributed by atoms with E-state index >= 15 is 0 Å². The largest absolute Gasteiger partial charge is 0.744 e. The topological polar surface area (TPSA) is 75.7 Å². The fourth-order valence-electron chi connectivity index (χ4n) is 3.66. The molecule has 4 rings (SSSR count). The predicted molar refractivity (Wildman–Crippen MR) is 161 cm³/mol. The molecule has 0 unspecified atom stereocenters. The third kappa shape index (κ3) is 10.0. The average Bonchev–Trinajstić information content (AvgIpc) is 2.85. The predicted octanol–water partition coefficient (Wildman–Crippen LogP) is 8.04. The van der Waals surface area contributed by atoms with Gasteiger partial charge >= 0.3 is 0 Å². The Morgan fingerprint density at radius 2 is 0.950 bits per heavy atom. The van der Waals surface area contributed by atoms with Crippen LogP contribution in [0.1, 0.15) is 47.1 Å². The molecule has 0 aliphatic heterocycles. The highest BCUT2D eigenvalue weighted by atomic mass is 32.2. The number of benzene rings is 4. The van der Waals surface area contributed by atoms with Crippen LogP contribution >= 0.6 is 0 Å². The van der Waals surface area contributed by atoms with Gasteiger partial charge in [-0.25, -0.2) is 8.42 Å². The number of rotatable bonds is 6. The zero-order valence-corrected chi connectivity index (χ0v) is 25.8. The molecule has 0 aromatic heterocycles. The molecule has 40 heavy (non-hydrogen) atoms. The summed E-state index contributed by atoms with van der Waals surface area (Å²) in [5.41, 5.74) is 0.522. The molecule has 0 aliphatic carbocycles. The molecule has 0 bridgehead atoms. The van der Waals surface area contributed by atoms with Crippen LogP contribution in [0, 0.1) is 6.92 Å². The second-order valence-electron chi connectivity index (χ2n) is 11.3. The first-order valence-electron chi connectivity index (χ1n) is 13.0. The van der Waals surface area contributed by atoms with Crippen molar-refractivity contribution in [3.05, 3.63) is 109 Å². The summed E-state index contributed by atoms with van der Waals surface area (Å²) in [6, 6.07) is 33.4. The van der Waals surface area contributed by atoms with E-state index in [1.54, 1.807) is 12.1 Å². The molecule has 0 amide bonds. The lowest BCUT2D eigenvalue weighted by atomic mass is 10.2. The summed E-state index contributed by atoms with van der Waals surface area (Å²) in [6.45, 7) is 14.2. The molecule has 0 radical (unpaired) electrons. The van der Waals surface area contributed by atoms with Crippen molar-refractivity contribution in [3.8, 4) is 11.5 Å². The van der Waals surface area contributed by atoms with Crippen LogP contribution in [0.2, 0.25) is 0 Å². The van der Waals surface area contributed by atoms with Crippen LogP contribution < -0.4 is 9.47 Å². The zero-order valence-electron chi connectivity index (χ0n) is 24.2. The smallest absolute Gasteiger partial charge is 0.166 e. The molecule has 5 nitrogen and oxygen atoms in total. The second-order valence-corrected chi connectivity index (χ2v) is 14.7. The summed E-state index contributed by atoms with van der Waals surface area (Å²) in [7, 11) is -4.46. The molecular weight excluding hydrogens is 540 g/mol. The van der Waals surface area contributed by atoms with Crippen molar-refractivity contribution in [3.63, 3.8) is 0 Å². The van der Waals surface area contributed by atoms with Crippen LogP contribution in [0.25, 0.3) is 0 Å². The van der Waals surface area contributed by atoms with Crippen LogP contribution in [-0.4, -0.2) is 24.2 Å². The van der Waals surface area contributed by atoms with Crippen molar-refractivity contribution < 1.29 is 22.4 Å². The Morgan fingerprint density at radius 1 is 0.575 bits per heavy atom. The van der Waals surface area contributed by atoms with Gasteiger partial charge in [-0.05, 0) is 121 Å². The lowest BCUT2D eigenvalue weighted by molar-refractivity contribution is 0.130. The number of hydrogen-bond donors (Lipinski definition) is 0. The maximum absolute atomic E-state index is 10.4. The van der Waals surface area contributed by atoms with Crippen molar-refractivity contribution in [2.75, 3.05) is 0 Å². The van der Waals surface area contributed by atoms with Gasteiger partial charge in [0.05, 0.1) is 15.8 Å². The van der Waals surface area contributed by atoms with E-state index in [2.05, 4.69) is 120 Å². The minimum absolute atomic E-state index is 0.178. The molecule has 212 valence electrons. The molecular formula is C33H38O5S2. The molecule has 0 fully saturated rings.